The van der Waals surface area contributed by atoms with Gasteiger partial charge in [-0.25, -0.2) is 8.78 Å². The molecule has 3 nitrogen and oxygen atoms in total. The minimum absolute atomic E-state index is 0.133. The first-order chi connectivity index (χ1) is 7.11. The van der Waals surface area contributed by atoms with Gasteiger partial charge in [0.05, 0.1) is 19.7 Å². The summed E-state index contributed by atoms with van der Waals surface area (Å²) in [6.07, 6.45) is -2.40. The zero-order valence-electron chi connectivity index (χ0n) is 8.62. The molecule has 0 fully saturated rings. The Balaban J connectivity index is 2.50. The number of halogens is 2. The number of aliphatic hydroxyl groups is 1. The van der Waals surface area contributed by atoms with Gasteiger partial charge in [0.15, 0.2) is 0 Å². The first-order valence-electron chi connectivity index (χ1n) is 4.78. The van der Waals surface area contributed by atoms with Gasteiger partial charge >= 0.3 is 0 Å². The molecule has 0 spiro atoms. The van der Waals surface area contributed by atoms with Crippen LogP contribution in [0.3, 0.4) is 0 Å². The lowest BCUT2D eigenvalue weighted by Gasteiger charge is -2.19. The first-order valence-corrected chi connectivity index (χ1v) is 4.78. The van der Waals surface area contributed by atoms with Crippen molar-refractivity contribution < 1.29 is 18.3 Å². The monoisotopic (exact) mass is 219 g/mol. The van der Waals surface area contributed by atoms with Crippen molar-refractivity contribution in [2.45, 2.75) is 19.9 Å². The maximum atomic E-state index is 12.2. The minimum Gasteiger partial charge on any atom is -0.465 e. The van der Waals surface area contributed by atoms with Crippen LogP contribution in [0.5, 0.6) is 0 Å². The number of hydrogen-bond donors (Lipinski definition) is 1. The molecule has 0 aliphatic carbocycles. The molecule has 86 valence electrons. The lowest BCUT2D eigenvalue weighted by Crippen LogP contribution is -2.31. The second-order valence-electron chi connectivity index (χ2n) is 3.36. The van der Waals surface area contributed by atoms with Crippen LogP contribution >= 0.6 is 0 Å². The summed E-state index contributed by atoms with van der Waals surface area (Å²) in [6, 6.07) is 3.54. The summed E-state index contributed by atoms with van der Waals surface area (Å²) in [5, 5.41) is 8.72. The average Bonchev–Trinajstić information content (AvgIpc) is 2.50. The van der Waals surface area contributed by atoms with Gasteiger partial charge in [-0.05, 0) is 19.1 Å². The van der Waals surface area contributed by atoms with Crippen LogP contribution in [0.2, 0.25) is 0 Å². The van der Waals surface area contributed by atoms with E-state index in [1.54, 1.807) is 19.1 Å². The van der Waals surface area contributed by atoms with Gasteiger partial charge in [-0.2, -0.15) is 0 Å². The lowest BCUT2D eigenvalue weighted by molar-refractivity contribution is 0.0711. The number of aryl methyl sites for hydroxylation is 1. The molecular formula is C10H15F2NO2. The molecule has 1 rings (SSSR count). The molecule has 1 N–H and O–H groups in total. The Bertz CT molecular complexity index is 289. The van der Waals surface area contributed by atoms with Gasteiger partial charge in [0.25, 0.3) is 6.43 Å². The fraction of sp³-hybridized carbons (Fsp3) is 0.600. The van der Waals surface area contributed by atoms with Crippen LogP contribution in [0.15, 0.2) is 16.5 Å². The molecule has 1 heterocycles. The molecule has 0 aliphatic rings. The van der Waals surface area contributed by atoms with Crippen LogP contribution in [0.4, 0.5) is 8.78 Å². The van der Waals surface area contributed by atoms with Gasteiger partial charge in [0, 0.05) is 6.54 Å². The normalized spacial score (nSPS) is 11.6. The van der Waals surface area contributed by atoms with E-state index in [0.29, 0.717) is 12.3 Å². The van der Waals surface area contributed by atoms with Crippen molar-refractivity contribution in [1.29, 1.82) is 0 Å². The number of aliphatic hydroxyl groups excluding tert-OH is 1. The number of furan rings is 1. The van der Waals surface area contributed by atoms with Crippen LogP contribution in [0, 0.1) is 6.92 Å². The summed E-state index contributed by atoms with van der Waals surface area (Å²) < 4.78 is 29.6. The van der Waals surface area contributed by atoms with E-state index < -0.39 is 6.43 Å². The van der Waals surface area contributed by atoms with E-state index in [0.717, 1.165) is 5.76 Å². The number of nitrogens with zero attached hydrogens (tertiary/aromatic N) is 1. The molecule has 0 unspecified atom stereocenters. The van der Waals surface area contributed by atoms with E-state index in [4.69, 9.17) is 9.52 Å². The van der Waals surface area contributed by atoms with Crippen molar-refractivity contribution in [3.8, 4) is 0 Å². The van der Waals surface area contributed by atoms with Crippen LogP contribution in [-0.2, 0) is 6.54 Å². The topological polar surface area (TPSA) is 36.6 Å². The molecule has 5 heteroatoms. The van der Waals surface area contributed by atoms with Crippen molar-refractivity contribution >= 4 is 0 Å². The van der Waals surface area contributed by atoms with E-state index in [-0.39, 0.29) is 19.7 Å². The van der Waals surface area contributed by atoms with Crippen molar-refractivity contribution in [1.82, 2.24) is 4.90 Å². The maximum Gasteiger partial charge on any atom is 0.251 e. The van der Waals surface area contributed by atoms with Crippen molar-refractivity contribution in [3.63, 3.8) is 0 Å². The number of alkyl halides is 2. The fourth-order valence-electron chi connectivity index (χ4n) is 1.36. The molecule has 0 radical (unpaired) electrons. The Hall–Kier alpha value is -0.940. The highest BCUT2D eigenvalue weighted by atomic mass is 19.3. The molecule has 1 aromatic rings. The van der Waals surface area contributed by atoms with Crippen molar-refractivity contribution in [2.24, 2.45) is 0 Å². The van der Waals surface area contributed by atoms with Gasteiger partial charge < -0.3 is 9.52 Å². The summed E-state index contributed by atoms with van der Waals surface area (Å²) in [7, 11) is 0. The molecule has 0 saturated heterocycles. The molecule has 0 saturated carbocycles. The van der Waals surface area contributed by atoms with E-state index in [9.17, 15) is 8.78 Å². The smallest absolute Gasteiger partial charge is 0.251 e. The third-order valence-electron chi connectivity index (χ3n) is 1.99. The van der Waals surface area contributed by atoms with Gasteiger partial charge in [-0.1, -0.05) is 0 Å². The molecule has 0 atom stereocenters. The number of hydrogen-bond acceptors (Lipinski definition) is 3. The van der Waals surface area contributed by atoms with E-state index >= 15 is 0 Å². The Labute approximate surface area is 87.3 Å². The van der Waals surface area contributed by atoms with Crippen molar-refractivity contribution in [3.05, 3.63) is 23.7 Å². The van der Waals surface area contributed by atoms with Crippen LogP contribution in [0.25, 0.3) is 0 Å². The third-order valence-corrected chi connectivity index (χ3v) is 1.99. The zero-order valence-corrected chi connectivity index (χ0v) is 8.62. The maximum absolute atomic E-state index is 12.2. The van der Waals surface area contributed by atoms with Gasteiger partial charge in [0.2, 0.25) is 0 Å². The van der Waals surface area contributed by atoms with E-state index in [2.05, 4.69) is 0 Å². The Morgan fingerprint density at radius 3 is 2.67 bits per heavy atom. The summed E-state index contributed by atoms with van der Waals surface area (Å²) in [6.45, 7) is 1.85. The van der Waals surface area contributed by atoms with Crippen LogP contribution in [-0.4, -0.2) is 36.1 Å². The highest BCUT2D eigenvalue weighted by Gasteiger charge is 2.13. The van der Waals surface area contributed by atoms with Crippen LogP contribution < -0.4 is 0 Å². The third kappa shape index (κ3) is 4.40. The predicted molar refractivity (Wildman–Crippen MR) is 51.8 cm³/mol. The summed E-state index contributed by atoms with van der Waals surface area (Å²) in [5.74, 6) is 1.40. The second-order valence-corrected chi connectivity index (χ2v) is 3.36. The van der Waals surface area contributed by atoms with Gasteiger partial charge in [0.1, 0.15) is 11.5 Å². The largest absolute Gasteiger partial charge is 0.465 e. The first kappa shape index (κ1) is 12.1. The Morgan fingerprint density at radius 2 is 2.20 bits per heavy atom. The van der Waals surface area contributed by atoms with E-state index in [1.807, 2.05) is 0 Å². The predicted octanol–water partition coefficient (Wildman–Crippen LogP) is 1.65. The average molecular weight is 219 g/mol. The van der Waals surface area contributed by atoms with Crippen molar-refractivity contribution in [2.75, 3.05) is 19.7 Å². The Morgan fingerprint density at radius 1 is 1.47 bits per heavy atom. The lowest BCUT2D eigenvalue weighted by atomic mass is 10.4. The van der Waals surface area contributed by atoms with E-state index in [1.165, 1.54) is 4.90 Å². The molecular weight excluding hydrogens is 204 g/mol. The molecule has 0 bridgehead atoms. The quantitative estimate of drug-likeness (QED) is 0.790. The molecule has 0 aliphatic heterocycles. The summed E-state index contributed by atoms with van der Waals surface area (Å²) in [5.41, 5.74) is 0. The van der Waals surface area contributed by atoms with Gasteiger partial charge in [-0.15, -0.1) is 0 Å². The van der Waals surface area contributed by atoms with Crippen LogP contribution in [0.1, 0.15) is 11.5 Å². The summed E-state index contributed by atoms with van der Waals surface area (Å²) >= 11 is 0. The molecule has 0 aromatic carbocycles. The number of rotatable bonds is 6. The highest BCUT2D eigenvalue weighted by molar-refractivity contribution is 5.05. The fourth-order valence-corrected chi connectivity index (χ4v) is 1.36. The minimum atomic E-state index is -2.40. The van der Waals surface area contributed by atoms with Gasteiger partial charge in [-0.3, -0.25) is 4.90 Å². The molecule has 0 amide bonds. The molecule has 15 heavy (non-hydrogen) atoms. The Kier molecular flexibility index (Phi) is 4.71. The zero-order chi connectivity index (χ0) is 11.3. The standard InChI is InChI=1S/C10H15F2NO2/c1-8-2-3-9(15-8)6-13(4-5-14)7-10(11)12/h2-3,10,14H,4-7H2,1H3. The molecule has 1 aromatic heterocycles. The second kappa shape index (κ2) is 5.82. The summed E-state index contributed by atoms with van der Waals surface area (Å²) in [4.78, 5) is 1.46. The SMILES string of the molecule is Cc1ccc(CN(CCO)CC(F)F)o1. The highest BCUT2D eigenvalue weighted by Crippen LogP contribution is 2.10.